The Labute approximate surface area is 130 Å². The molecule has 1 saturated heterocycles. The number of amides is 1. The number of nitrogens with zero attached hydrogens (tertiary/aromatic N) is 3. The molecule has 22 heavy (non-hydrogen) atoms. The average molecular weight is 298 g/mol. The Bertz CT molecular complexity index is 621. The lowest BCUT2D eigenvalue weighted by Crippen LogP contribution is -2.35. The van der Waals surface area contributed by atoms with Crippen LogP contribution in [0.2, 0.25) is 0 Å². The first-order valence-corrected chi connectivity index (χ1v) is 7.76. The normalized spacial score (nSPS) is 21.3. The highest BCUT2D eigenvalue weighted by molar-refractivity contribution is 5.79. The maximum atomic E-state index is 12.5. The number of carbonyl (C=O) groups is 1. The van der Waals surface area contributed by atoms with Crippen LogP contribution in [-0.2, 0) is 11.2 Å². The Balaban J connectivity index is 1.64. The van der Waals surface area contributed by atoms with Crippen molar-refractivity contribution < 1.29 is 4.79 Å². The minimum absolute atomic E-state index is 0.190. The molecule has 116 valence electrons. The summed E-state index contributed by atoms with van der Waals surface area (Å²) in [7, 11) is 0. The summed E-state index contributed by atoms with van der Waals surface area (Å²) in [5.41, 5.74) is 7.76. The van der Waals surface area contributed by atoms with E-state index in [0.717, 1.165) is 24.2 Å². The van der Waals surface area contributed by atoms with Gasteiger partial charge in [0.25, 0.3) is 0 Å². The van der Waals surface area contributed by atoms with Crippen molar-refractivity contribution in [1.29, 1.82) is 0 Å². The number of aromatic nitrogens is 2. The third-order valence-electron chi connectivity index (χ3n) is 4.38. The first kappa shape index (κ1) is 14.8. The summed E-state index contributed by atoms with van der Waals surface area (Å²) in [6.45, 7) is 3.56. The van der Waals surface area contributed by atoms with Crippen molar-refractivity contribution in [3.8, 4) is 5.69 Å². The van der Waals surface area contributed by atoms with E-state index >= 15 is 0 Å². The minimum Gasteiger partial charge on any atom is -0.339 e. The highest BCUT2D eigenvalue weighted by Gasteiger charge is 2.31. The fourth-order valence-corrected chi connectivity index (χ4v) is 3.12. The molecular weight excluding hydrogens is 276 g/mol. The maximum absolute atomic E-state index is 12.5. The maximum Gasteiger partial charge on any atom is 0.227 e. The van der Waals surface area contributed by atoms with Crippen LogP contribution in [-0.4, -0.2) is 39.7 Å². The molecule has 2 heterocycles. The molecule has 1 amide bonds. The topological polar surface area (TPSA) is 64.2 Å². The zero-order valence-electron chi connectivity index (χ0n) is 12.9. The number of rotatable bonds is 4. The van der Waals surface area contributed by atoms with E-state index in [1.165, 1.54) is 0 Å². The van der Waals surface area contributed by atoms with Gasteiger partial charge < -0.3 is 10.6 Å². The molecule has 5 heteroatoms. The van der Waals surface area contributed by atoms with Crippen molar-refractivity contribution in [3.63, 3.8) is 0 Å². The van der Waals surface area contributed by atoms with Gasteiger partial charge in [0.2, 0.25) is 5.91 Å². The summed E-state index contributed by atoms with van der Waals surface area (Å²) in [4.78, 5) is 14.4. The van der Waals surface area contributed by atoms with Gasteiger partial charge in [0.15, 0.2) is 0 Å². The van der Waals surface area contributed by atoms with Gasteiger partial charge in [0, 0.05) is 25.0 Å². The SMILES string of the molecule is CC1CC(CN)CN1C(=O)Cc1ccc(-n2cccn2)cc1. The molecule has 2 atom stereocenters. The Hall–Kier alpha value is -2.14. The van der Waals surface area contributed by atoms with Crippen molar-refractivity contribution in [2.24, 2.45) is 11.7 Å². The number of hydrogen-bond acceptors (Lipinski definition) is 3. The molecule has 0 bridgehead atoms. The molecule has 1 fully saturated rings. The highest BCUT2D eigenvalue weighted by Crippen LogP contribution is 2.23. The summed E-state index contributed by atoms with van der Waals surface area (Å²) in [6, 6.07) is 10.2. The highest BCUT2D eigenvalue weighted by atomic mass is 16.2. The van der Waals surface area contributed by atoms with Gasteiger partial charge in [-0.3, -0.25) is 4.79 Å². The molecule has 2 N–H and O–H groups in total. The van der Waals surface area contributed by atoms with Gasteiger partial charge in [-0.05, 0) is 49.6 Å². The molecule has 1 aliphatic rings. The quantitative estimate of drug-likeness (QED) is 0.932. The number of hydrogen-bond donors (Lipinski definition) is 1. The van der Waals surface area contributed by atoms with Crippen LogP contribution in [0.25, 0.3) is 5.69 Å². The van der Waals surface area contributed by atoms with Gasteiger partial charge in [-0.2, -0.15) is 5.10 Å². The van der Waals surface area contributed by atoms with Crippen LogP contribution < -0.4 is 5.73 Å². The van der Waals surface area contributed by atoms with E-state index in [9.17, 15) is 4.79 Å². The smallest absolute Gasteiger partial charge is 0.227 e. The van der Waals surface area contributed by atoms with E-state index < -0.39 is 0 Å². The molecule has 5 nitrogen and oxygen atoms in total. The third kappa shape index (κ3) is 3.04. The fraction of sp³-hybridized carbons (Fsp3) is 0.412. The van der Waals surface area contributed by atoms with Gasteiger partial charge in [-0.25, -0.2) is 4.68 Å². The predicted octanol–water partition coefficient (Wildman–Crippen LogP) is 1.61. The van der Waals surface area contributed by atoms with E-state index in [2.05, 4.69) is 12.0 Å². The first-order valence-electron chi connectivity index (χ1n) is 7.76. The van der Waals surface area contributed by atoms with Gasteiger partial charge in [0.05, 0.1) is 12.1 Å². The molecular formula is C17H22N4O. The predicted molar refractivity (Wildman–Crippen MR) is 85.6 cm³/mol. The van der Waals surface area contributed by atoms with Crippen molar-refractivity contribution in [3.05, 3.63) is 48.3 Å². The van der Waals surface area contributed by atoms with Crippen LogP contribution >= 0.6 is 0 Å². The molecule has 3 rings (SSSR count). The summed E-state index contributed by atoms with van der Waals surface area (Å²) in [5, 5.41) is 4.20. The lowest BCUT2D eigenvalue weighted by molar-refractivity contribution is -0.131. The van der Waals surface area contributed by atoms with Crippen LogP contribution in [0.4, 0.5) is 0 Å². The monoisotopic (exact) mass is 298 g/mol. The first-order chi connectivity index (χ1) is 10.7. The third-order valence-corrected chi connectivity index (χ3v) is 4.38. The van der Waals surface area contributed by atoms with Crippen molar-refractivity contribution in [2.45, 2.75) is 25.8 Å². The van der Waals surface area contributed by atoms with Crippen molar-refractivity contribution in [1.82, 2.24) is 14.7 Å². The van der Waals surface area contributed by atoms with Crippen LogP contribution in [0, 0.1) is 5.92 Å². The molecule has 0 aliphatic carbocycles. The standard InChI is InChI=1S/C17H22N4O/c1-13-9-15(11-18)12-20(13)17(22)10-14-3-5-16(6-4-14)21-8-2-7-19-21/h2-8,13,15H,9-12,18H2,1H3. The molecule has 0 spiro atoms. The zero-order chi connectivity index (χ0) is 15.5. The summed E-state index contributed by atoms with van der Waals surface area (Å²) >= 11 is 0. The van der Waals surface area contributed by atoms with E-state index in [4.69, 9.17) is 5.73 Å². The van der Waals surface area contributed by atoms with Crippen LogP contribution in [0.1, 0.15) is 18.9 Å². The van der Waals surface area contributed by atoms with Crippen LogP contribution in [0.3, 0.4) is 0 Å². The lowest BCUT2D eigenvalue weighted by Gasteiger charge is -2.21. The Morgan fingerprint density at radius 2 is 2.14 bits per heavy atom. The molecule has 1 aliphatic heterocycles. The summed E-state index contributed by atoms with van der Waals surface area (Å²) < 4.78 is 1.81. The molecule has 1 aromatic heterocycles. The van der Waals surface area contributed by atoms with E-state index in [-0.39, 0.29) is 5.91 Å². The Morgan fingerprint density at radius 1 is 1.36 bits per heavy atom. The van der Waals surface area contributed by atoms with E-state index in [1.54, 1.807) is 10.9 Å². The number of likely N-dealkylation sites (tertiary alicyclic amines) is 1. The largest absolute Gasteiger partial charge is 0.339 e. The van der Waals surface area contributed by atoms with Gasteiger partial charge in [-0.1, -0.05) is 12.1 Å². The lowest BCUT2D eigenvalue weighted by atomic mass is 10.1. The van der Waals surface area contributed by atoms with Crippen LogP contribution in [0.5, 0.6) is 0 Å². The van der Waals surface area contributed by atoms with Crippen molar-refractivity contribution in [2.75, 3.05) is 13.1 Å². The molecule has 0 radical (unpaired) electrons. The average Bonchev–Trinajstić information content (AvgIpc) is 3.17. The Morgan fingerprint density at radius 3 is 2.73 bits per heavy atom. The molecule has 2 unspecified atom stereocenters. The van der Waals surface area contributed by atoms with Gasteiger partial charge in [0.1, 0.15) is 0 Å². The van der Waals surface area contributed by atoms with Crippen molar-refractivity contribution >= 4 is 5.91 Å². The number of carbonyl (C=O) groups excluding carboxylic acids is 1. The van der Waals surface area contributed by atoms with Gasteiger partial charge >= 0.3 is 0 Å². The molecule has 1 aromatic carbocycles. The van der Waals surface area contributed by atoms with Crippen LogP contribution in [0.15, 0.2) is 42.7 Å². The zero-order valence-corrected chi connectivity index (χ0v) is 12.9. The second kappa shape index (κ2) is 6.32. The van der Waals surface area contributed by atoms with Gasteiger partial charge in [-0.15, -0.1) is 0 Å². The van der Waals surface area contributed by atoms with E-state index in [0.29, 0.717) is 24.9 Å². The summed E-state index contributed by atoms with van der Waals surface area (Å²) in [6.07, 6.45) is 5.11. The molecule has 2 aromatic rings. The number of nitrogens with two attached hydrogens (primary N) is 1. The second-order valence-corrected chi connectivity index (χ2v) is 6.03. The fourth-order valence-electron chi connectivity index (χ4n) is 3.12. The van der Waals surface area contributed by atoms with E-state index in [1.807, 2.05) is 41.4 Å². The molecule has 0 saturated carbocycles. The summed E-state index contributed by atoms with van der Waals surface area (Å²) in [5.74, 6) is 0.636. The minimum atomic E-state index is 0.190. The second-order valence-electron chi connectivity index (χ2n) is 6.03. The Kier molecular flexibility index (Phi) is 4.24. The number of benzene rings is 1.